The van der Waals surface area contributed by atoms with Gasteiger partial charge in [-0.25, -0.2) is 13.2 Å². The molecule has 1 aromatic carbocycles. The van der Waals surface area contributed by atoms with Crippen LogP contribution in [0.4, 0.5) is 13.2 Å². The summed E-state index contributed by atoms with van der Waals surface area (Å²) < 4.78 is 45.9. The molecule has 0 amide bonds. The molecule has 0 bridgehead atoms. The molecule has 118 valence electrons. The summed E-state index contributed by atoms with van der Waals surface area (Å²) in [4.78, 5) is 0. The van der Waals surface area contributed by atoms with Crippen molar-refractivity contribution in [2.75, 3.05) is 13.2 Å². The number of rotatable bonds is 6. The molecule has 1 N–H and O–H groups in total. The molecule has 0 radical (unpaired) electrons. The fourth-order valence-electron chi connectivity index (χ4n) is 2.81. The predicted molar refractivity (Wildman–Crippen MR) is 75.6 cm³/mol. The van der Waals surface area contributed by atoms with Crippen molar-refractivity contribution in [1.29, 1.82) is 0 Å². The summed E-state index contributed by atoms with van der Waals surface area (Å²) in [7, 11) is 0. The van der Waals surface area contributed by atoms with Crippen molar-refractivity contribution >= 4 is 0 Å². The Bertz CT molecular complexity index is 461. The van der Waals surface area contributed by atoms with Crippen LogP contribution in [0.25, 0.3) is 0 Å². The molecule has 1 heterocycles. The summed E-state index contributed by atoms with van der Waals surface area (Å²) >= 11 is 0. The van der Waals surface area contributed by atoms with Gasteiger partial charge in [0.05, 0.1) is 6.10 Å². The molecule has 21 heavy (non-hydrogen) atoms. The fourth-order valence-corrected chi connectivity index (χ4v) is 2.81. The highest BCUT2D eigenvalue weighted by molar-refractivity contribution is 5.23. The maximum Gasteiger partial charge on any atom is 0.161 e. The lowest BCUT2D eigenvalue weighted by Crippen LogP contribution is -2.25. The van der Waals surface area contributed by atoms with E-state index in [1.807, 2.05) is 6.92 Å². The number of ether oxygens (including phenoxy) is 1. The Morgan fingerprint density at radius 1 is 1.19 bits per heavy atom. The normalized spacial score (nSPS) is 20.5. The van der Waals surface area contributed by atoms with E-state index in [1.54, 1.807) is 0 Å². The highest BCUT2D eigenvalue weighted by Gasteiger charge is 2.21. The van der Waals surface area contributed by atoms with Crippen LogP contribution in [0.15, 0.2) is 12.1 Å². The lowest BCUT2D eigenvalue weighted by Gasteiger charge is -2.25. The molecule has 0 aromatic heterocycles. The highest BCUT2D eigenvalue weighted by atomic mass is 19.2. The zero-order valence-electron chi connectivity index (χ0n) is 12.3. The Labute approximate surface area is 123 Å². The Morgan fingerprint density at radius 3 is 2.62 bits per heavy atom. The largest absolute Gasteiger partial charge is 0.378 e. The highest BCUT2D eigenvalue weighted by Crippen LogP contribution is 2.27. The van der Waals surface area contributed by atoms with Gasteiger partial charge in [0.2, 0.25) is 0 Å². The number of hydrogen-bond donors (Lipinski definition) is 1. The van der Waals surface area contributed by atoms with E-state index in [0.717, 1.165) is 38.4 Å². The van der Waals surface area contributed by atoms with E-state index in [4.69, 9.17) is 4.74 Å². The van der Waals surface area contributed by atoms with Crippen LogP contribution in [0.3, 0.4) is 0 Å². The molecule has 1 saturated heterocycles. The zero-order chi connectivity index (χ0) is 15.2. The molecular formula is C16H22F3NO. The van der Waals surface area contributed by atoms with Crippen molar-refractivity contribution in [2.24, 2.45) is 0 Å². The molecule has 0 spiro atoms. The fraction of sp³-hybridized carbons (Fsp3) is 0.625. The predicted octanol–water partition coefficient (Wildman–Crippen LogP) is 4.10. The average Bonchev–Trinajstić information content (AvgIpc) is 2.48. The van der Waals surface area contributed by atoms with Crippen LogP contribution < -0.4 is 5.32 Å². The van der Waals surface area contributed by atoms with Crippen LogP contribution in [0.5, 0.6) is 0 Å². The molecule has 1 aliphatic heterocycles. The molecule has 2 nitrogen and oxygen atoms in total. The van der Waals surface area contributed by atoms with Gasteiger partial charge in [0.25, 0.3) is 0 Å². The van der Waals surface area contributed by atoms with E-state index in [1.165, 1.54) is 0 Å². The molecule has 0 aliphatic carbocycles. The van der Waals surface area contributed by atoms with Gasteiger partial charge in [-0.1, -0.05) is 6.92 Å². The quantitative estimate of drug-likeness (QED) is 0.799. The molecule has 1 aromatic rings. The molecule has 5 heteroatoms. The molecule has 0 saturated carbocycles. The topological polar surface area (TPSA) is 21.3 Å². The van der Waals surface area contributed by atoms with Gasteiger partial charge in [-0.05, 0) is 44.7 Å². The van der Waals surface area contributed by atoms with Crippen molar-refractivity contribution < 1.29 is 17.9 Å². The first-order valence-electron chi connectivity index (χ1n) is 7.61. The van der Waals surface area contributed by atoms with E-state index in [-0.39, 0.29) is 17.7 Å². The van der Waals surface area contributed by atoms with Crippen molar-refractivity contribution in [3.63, 3.8) is 0 Å². The summed E-state index contributed by atoms with van der Waals surface area (Å²) in [6, 6.07) is 1.25. The summed E-state index contributed by atoms with van der Waals surface area (Å²) in [6.45, 7) is 3.31. The number of hydrogen-bond acceptors (Lipinski definition) is 2. The minimum atomic E-state index is -1.15. The first-order valence-corrected chi connectivity index (χ1v) is 7.61. The summed E-state index contributed by atoms with van der Waals surface area (Å²) in [5, 5.41) is 3.14. The average molecular weight is 301 g/mol. The van der Waals surface area contributed by atoms with Crippen molar-refractivity contribution in [2.45, 2.75) is 51.2 Å². The number of benzene rings is 1. The van der Waals surface area contributed by atoms with E-state index >= 15 is 0 Å². The Kier molecular flexibility index (Phi) is 6.06. The van der Waals surface area contributed by atoms with Gasteiger partial charge >= 0.3 is 0 Å². The second kappa shape index (κ2) is 7.80. The Hall–Kier alpha value is -1.07. The molecule has 1 fully saturated rings. The molecular weight excluding hydrogens is 279 g/mol. The van der Waals surface area contributed by atoms with E-state index < -0.39 is 17.5 Å². The smallest absolute Gasteiger partial charge is 0.161 e. The Balaban J connectivity index is 2.05. The van der Waals surface area contributed by atoms with Crippen LogP contribution >= 0.6 is 0 Å². The molecule has 2 atom stereocenters. The van der Waals surface area contributed by atoms with Gasteiger partial charge in [-0.15, -0.1) is 0 Å². The van der Waals surface area contributed by atoms with E-state index in [9.17, 15) is 13.2 Å². The van der Waals surface area contributed by atoms with E-state index in [0.29, 0.717) is 19.0 Å². The lowest BCUT2D eigenvalue weighted by atomic mass is 9.96. The van der Waals surface area contributed by atoms with Gasteiger partial charge in [-0.3, -0.25) is 0 Å². The molecule has 2 unspecified atom stereocenters. The van der Waals surface area contributed by atoms with Gasteiger partial charge in [-0.2, -0.15) is 0 Å². The minimum Gasteiger partial charge on any atom is -0.378 e. The van der Waals surface area contributed by atoms with Crippen molar-refractivity contribution in [1.82, 2.24) is 5.32 Å². The summed E-state index contributed by atoms with van der Waals surface area (Å²) in [5.41, 5.74) is 0.187. The van der Waals surface area contributed by atoms with Gasteiger partial charge in [0, 0.05) is 24.3 Å². The zero-order valence-corrected chi connectivity index (χ0v) is 12.3. The third-order valence-electron chi connectivity index (χ3n) is 3.92. The van der Waals surface area contributed by atoms with Crippen molar-refractivity contribution in [3.05, 3.63) is 35.1 Å². The second-order valence-electron chi connectivity index (χ2n) is 5.46. The lowest BCUT2D eigenvalue weighted by molar-refractivity contribution is 0.00850. The van der Waals surface area contributed by atoms with Gasteiger partial charge in [0.15, 0.2) is 11.6 Å². The number of halogens is 3. The first-order chi connectivity index (χ1) is 10.1. The summed E-state index contributed by atoms with van der Waals surface area (Å²) in [6.07, 6.45) is 4.87. The SMILES string of the molecule is CCNC(CCC1CCCCO1)c1cc(F)c(F)cc1F. The van der Waals surface area contributed by atoms with Crippen LogP contribution in [-0.4, -0.2) is 19.3 Å². The van der Waals surface area contributed by atoms with Gasteiger partial charge in [0.1, 0.15) is 5.82 Å². The first kappa shape index (κ1) is 16.3. The third kappa shape index (κ3) is 4.45. The van der Waals surface area contributed by atoms with Gasteiger partial charge < -0.3 is 10.1 Å². The van der Waals surface area contributed by atoms with E-state index in [2.05, 4.69) is 5.32 Å². The third-order valence-corrected chi connectivity index (χ3v) is 3.92. The Morgan fingerprint density at radius 2 is 1.95 bits per heavy atom. The van der Waals surface area contributed by atoms with Crippen LogP contribution in [0.2, 0.25) is 0 Å². The maximum atomic E-state index is 13.9. The second-order valence-corrected chi connectivity index (χ2v) is 5.46. The van der Waals surface area contributed by atoms with Crippen LogP contribution in [0.1, 0.15) is 50.6 Å². The van der Waals surface area contributed by atoms with Crippen molar-refractivity contribution in [3.8, 4) is 0 Å². The summed E-state index contributed by atoms with van der Waals surface area (Å²) in [5.74, 6) is -2.87. The van der Waals surface area contributed by atoms with Crippen LogP contribution in [0, 0.1) is 17.5 Å². The standard InChI is InChI=1S/C16H22F3NO/c1-2-20-16(7-6-11-5-3-4-8-21-11)12-9-14(18)15(19)10-13(12)17/h9-11,16,20H,2-8H2,1H3. The minimum absolute atomic E-state index is 0.187. The molecule has 2 rings (SSSR count). The number of nitrogens with one attached hydrogen (secondary N) is 1. The molecule has 1 aliphatic rings. The van der Waals surface area contributed by atoms with Crippen LogP contribution in [-0.2, 0) is 4.74 Å². The maximum absolute atomic E-state index is 13.9. The monoisotopic (exact) mass is 301 g/mol.